The number of hydrogen-bond acceptors (Lipinski definition) is 5. The van der Waals surface area contributed by atoms with E-state index in [4.69, 9.17) is 4.74 Å². The highest BCUT2D eigenvalue weighted by atomic mass is 127. The number of hydrogen-bond donors (Lipinski definition) is 1. The molecule has 9 heteroatoms. The number of alkyl halides is 3. The SMILES string of the molecule is CN1CCN=C1NCc1ccncc1OCC(F)(F)F.I. The molecule has 1 aliphatic rings. The van der Waals surface area contributed by atoms with Crippen molar-refractivity contribution in [1.82, 2.24) is 15.2 Å². The fourth-order valence-electron chi connectivity index (χ4n) is 1.74. The molecule has 1 N–H and O–H groups in total. The Morgan fingerprint density at radius 2 is 2.19 bits per heavy atom. The minimum atomic E-state index is -4.36. The number of nitrogens with one attached hydrogen (secondary N) is 1. The molecular formula is C12H16F3IN4O. The lowest BCUT2D eigenvalue weighted by Crippen LogP contribution is -2.35. The Kier molecular flexibility index (Phi) is 6.49. The smallest absolute Gasteiger partial charge is 0.422 e. The summed E-state index contributed by atoms with van der Waals surface area (Å²) >= 11 is 0. The first-order chi connectivity index (χ1) is 9.46. The van der Waals surface area contributed by atoms with Gasteiger partial charge in [-0.2, -0.15) is 13.2 Å². The van der Waals surface area contributed by atoms with Crippen molar-refractivity contribution < 1.29 is 17.9 Å². The summed E-state index contributed by atoms with van der Waals surface area (Å²) in [6.07, 6.45) is -1.57. The molecule has 0 bridgehead atoms. The predicted octanol–water partition coefficient (Wildman–Crippen LogP) is 2.03. The van der Waals surface area contributed by atoms with Gasteiger partial charge in [-0.25, -0.2) is 0 Å². The van der Waals surface area contributed by atoms with Gasteiger partial charge in [0.05, 0.1) is 12.7 Å². The molecule has 0 radical (unpaired) electrons. The maximum absolute atomic E-state index is 12.2. The normalized spacial score (nSPS) is 14.5. The predicted molar refractivity (Wildman–Crippen MR) is 83.0 cm³/mol. The summed E-state index contributed by atoms with van der Waals surface area (Å²) in [5.41, 5.74) is 0.604. The van der Waals surface area contributed by atoms with Gasteiger partial charge < -0.3 is 15.0 Å². The first kappa shape index (κ1) is 17.8. The van der Waals surface area contributed by atoms with Gasteiger partial charge in [-0.3, -0.25) is 9.98 Å². The van der Waals surface area contributed by atoms with E-state index in [0.717, 1.165) is 12.5 Å². The molecule has 0 aliphatic carbocycles. The van der Waals surface area contributed by atoms with E-state index >= 15 is 0 Å². The summed E-state index contributed by atoms with van der Waals surface area (Å²) < 4.78 is 41.3. The quantitative estimate of drug-likeness (QED) is 0.764. The highest BCUT2D eigenvalue weighted by molar-refractivity contribution is 14.0. The molecule has 0 amide bonds. The van der Waals surface area contributed by atoms with E-state index in [-0.39, 0.29) is 29.7 Å². The van der Waals surface area contributed by atoms with Gasteiger partial charge in [0.2, 0.25) is 0 Å². The molecule has 1 aliphatic heterocycles. The third kappa shape index (κ3) is 5.56. The number of guanidine groups is 1. The second-order valence-electron chi connectivity index (χ2n) is 4.37. The van der Waals surface area contributed by atoms with Crippen molar-refractivity contribution in [1.29, 1.82) is 0 Å². The zero-order chi connectivity index (χ0) is 14.6. The van der Waals surface area contributed by atoms with E-state index < -0.39 is 12.8 Å². The highest BCUT2D eigenvalue weighted by Crippen LogP contribution is 2.21. The standard InChI is InChI=1S/C12H15F3N4O.HI/c1-19-5-4-17-11(19)18-6-9-2-3-16-7-10(9)20-8-12(13,14)15;/h2-3,7H,4-6,8H2,1H3,(H,17,18);1H. The fraction of sp³-hybridized carbons (Fsp3) is 0.500. The van der Waals surface area contributed by atoms with Gasteiger partial charge in [0.15, 0.2) is 12.6 Å². The van der Waals surface area contributed by atoms with Crippen LogP contribution in [-0.4, -0.2) is 48.8 Å². The average Bonchev–Trinajstić information content (AvgIpc) is 2.79. The average molecular weight is 416 g/mol. The molecule has 5 nitrogen and oxygen atoms in total. The van der Waals surface area contributed by atoms with E-state index in [1.165, 1.54) is 12.4 Å². The Labute approximate surface area is 137 Å². The zero-order valence-electron chi connectivity index (χ0n) is 11.4. The Bertz CT molecular complexity index is 496. The van der Waals surface area contributed by atoms with Gasteiger partial charge in [0.25, 0.3) is 0 Å². The number of aromatic nitrogens is 1. The third-order valence-corrected chi connectivity index (χ3v) is 2.76. The summed E-state index contributed by atoms with van der Waals surface area (Å²) in [4.78, 5) is 9.96. The van der Waals surface area contributed by atoms with Crippen molar-refractivity contribution in [3.63, 3.8) is 0 Å². The van der Waals surface area contributed by atoms with Crippen molar-refractivity contribution in [2.75, 3.05) is 26.7 Å². The van der Waals surface area contributed by atoms with Crippen LogP contribution in [-0.2, 0) is 6.54 Å². The van der Waals surface area contributed by atoms with Crippen LogP contribution in [0.1, 0.15) is 5.56 Å². The van der Waals surface area contributed by atoms with Gasteiger partial charge in [-0.1, -0.05) is 0 Å². The molecule has 0 atom stereocenters. The molecular weight excluding hydrogens is 400 g/mol. The summed E-state index contributed by atoms with van der Waals surface area (Å²) in [6, 6.07) is 1.62. The monoisotopic (exact) mass is 416 g/mol. The van der Waals surface area contributed by atoms with Crippen LogP contribution in [0.5, 0.6) is 5.75 Å². The molecule has 0 spiro atoms. The minimum Gasteiger partial charge on any atom is -0.482 e. The molecule has 1 aromatic heterocycles. The molecule has 118 valence electrons. The molecule has 2 rings (SSSR count). The largest absolute Gasteiger partial charge is 0.482 e. The Hall–Kier alpha value is -1.26. The number of pyridine rings is 1. The van der Waals surface area contributed by atoms with Crippen molar-refractivity contribution in [3.8, 4) is 5.75 Å². The number of aliphatic imine (C=N–C) groups is 1. The van der Waals surface area contributed by atoms with Crippen LogP contribution in [0.3, 0.4) is 0 Å². The molecule has 0 aromatic carbocycles. The van der Waals surface area contributed by atoms with Gasteiger partial charge in [-0.15, -0.1) is 24.0 Å². The summed E-state index contributed by atoms with van der Waals surface area (Å²) in [7, 11) is 1.90. The van der Waals surface area contributed by atoms with Crippen LogP contribution in [0.2, 0.25) is 0 Å². The highest BCUT2D eigenvalue weighted by Gasteiger charge is 2.28. The molecule has 21 heavy (non-hydrogen) atoms. The summed E-state index contributed by atoms with van der Waals surface area (Å²) in [5, 5.41) is 3.07. The van der Waals surface area contributed by atoms with Crippen molar-refractivity contribution in [2.24, 2.45) is 4.99 Å². The maximum Gasteiger partial charge on any atom is 0.422 e. The second-order valence-corrected chi connectivity index (χ2v) is 4.37. The van der Waals surface area contributed by atoms with Gasteiger partial charge >= 0.3 is 6.18 Å². The van der Waals surface area contributed by atoms with Gasteiger partial charge in [0.1, 0.15) is 5.75 Å². The van der Waals surface area contributed by atoms with Crippen molar-refractivity contribution in [3.05, 3.63) is 24.0 Å². The second kappa shape index (κ2) is 7.66. The van der Waals surface area contributed by atoms with Crippen LogP contribution in [0.4, 0.5) is 13.2 Å². The van der Waals surface area contributed by atoms with Gasteiger partial charge in [-0.05, 0) is 6.07 Å². The number of halogens is 4. The minimum absolute atomic E-state index is 0. The lowest BCUT2D eigenvalue weighted by molar-refractivity contribution is -0.153. The molecule has 0 fully saturated rings. The molecule has 0 saturated carbocycles. The van der Waals surface area contributed by atoms with E-state index in [1.807, 2.05) is 11.9 Å². The Morgan fingerprint density at radius 3 is 2.81 bits per heavy atom. The topological polar surface area (TPSA) is 49.8 Å². The first-order valence-electron chi connectivity index (χ1n) is 6.07. The summed E-state index contributed by atoms with van der Waals surface area (Å²) in [5.74, 6) is 0.849. The first-order valence-corrected chi connectivity index (χ1v) is 6.07. The number of likely N-dealkylation sites (N-methyl/N-ethyl adjacent to an activating group) is 1. The van der Waals surface area contributed by atoms with Gasteiger partial charge in [0, 0.05) is 31.9 Å². The number of rotatable bonds is 4. The number of nitrogens with zero attached hydrogens (tertiary/aromatic N) is 3. The van der Waals surface area contributed by atoms with E-state index in [0.29, 0.717) is 18.7 Å². The lowest BCUT2D eigenvalue weighted by atomic mass is 10.2. The number of ether oxygens (including phenoxy) is 1. The maximum atomic E-state index is 12.2. The zero-order valence-corrected chi connectivity index (χ0v) is 13.7. The van der Waals surface area contributed by atoms with Crippen molar-refractivity contribution in [2.45, 2.75) is 12.7 Å². The fourth-order valence-corrected chi connectivity index (χ4v) is 1.74. The van der Waals surface area contributed by atoms with Crippen LogP contribution < -0.4 is 10.1 Å². The van der Waals surface area contributed by atoms with E-state index in [1.54, 1.807) is 6.07 Å². The van der Waals surface area contributed by atoms with Crippen LogP contribution in [0.15, 0.2) is 23.5 Å². The molecule has 2 heterocycles. The molecule has 0 saturated heterocycles. The van der Waals surface area contributed by atoms with E-state index in [9.17, 15) is 13.2 Å². The van der Waals surface area contributed by atoms with E-state index in [2.05, 4.69) is 15.3 Å². The molecule has 1 aromatic rings. The Balaban J connectivity index is 0.00000220. The summed E-state index contributed by atoms with van der Waals surface area (Å²) in [6.45, 7) is 0.550. The van der Waals surface area contributed by atoms with Crippen LogP contribution >= 0.6 is 24.0 Å². The lowest BCUT2D eigenvalue weighted by Gasteiger charge is -2.17. The van der Waals surface area contributed by atoms with Crippen molar-refractivity contribution >= 4 is 29.9 Å². The Morgan fingerprint density at radius 1 is 1.43 bits per heavy atom. The van der Waals surface area contributed by atoms with Crippen LogP contribution in [0, 0.1) is 0 Å². The third-order valence-electron chi connectivity index (χ3n) is 2.76. The van der Waals surface area contributed by atoms with Crippen LogP contribution in [0.25, 0.3) is 0 Å². The molecule has 0 unspecified atom stereocenters.